The molecule has 0 aliphatic carbocycles. The molecule has 0 bridgehead atoms. The van der Waals surface area contributed by atoms with Crippen LogP contribution in [0, 0.1) is 5.92 Å². The molecule has 1 unspecified atom stereocenters. The van der Waals surface area contributed by atoms with Crippen LogP contribution in [0.25, 0.3) is 16.8 Å². The lowest BCUT2D eigenvalue weighted by molar-refractivity contribution is -0.134. The number of hydrogen-bond acceptors (Lipinski definition) is 7. The number of nitrogens with two attached hydrogens (primary N) is 2. The summed E-state index contributed by atoms with van der Waals surface area (Å²) in [5.41, 5.74) is 16.2. The first-order chi connectivity index (χ1) is 16.8. The van der Waals surface area contributed by atoms with E-state index in [9.17, 15) is 4.79 Å². The first-order valence-electron chi connectivity index (χ1n) is 11.1. The van der Waals surface area contributed by atoms with Crippen molar-refractivity contribution >= 4 is 42.2 Å². The summed E-state index contributed by atoms with van der Waals surface area (Å²) in [4.78, 5) is 20.7. The monoisotopic (exact) mass is 481 g/mol. The van der Waals surface area contributed by atoms with Gasteiger partial charge in [-0.3, -0.25) is 9.69 Å². The number of thiophene rings is 1. The van der Waals surface area contributed by atoms with Crippen LogP contribution in [0.1, 0.15) is 17.5 Å². The maximum Gasteiger partial charge on any atom is 0.235 e. The Morgan fingerprint density at radius 3 is 2.69 bits per heavy atom. The molecule has 0 spiro atoms. The number of guanidine groups is 1. The molecule has 35 heavy (non-hydrogen) atoms. The summed E-state index contributed by atoms with van der Waals surface area (Å²) >= 11 is 1.55. The van der Waals surface area contributed by atoms with E-state index in [-0.39, 0.29) is 11.9 Å². The molecular formula is C25H24BN7OS. The summed E-state index contributed by atoms with van der Waals surface area (Å²) in [5.74, 6) is -0.445. The summed E-state index contributed by atoms with van der Waals surface area (Å²) in [6.07, 6.45) is 2.04. The van der Waals surface area contributed by atoms with Crippen molar-refractivity contribution in [2.24, 2.45) is 16.6 Å². The lowest BCUT2D eigenvalue weighted by atomic mass is 9.79. The molecule has 0 fully saturated rings. The molecule has 2 radical (unpaired) electrons. The van der Waals surface area contributed by atoms with Gasteiger partial charge in [0.15, 0.2) is 5.96 Å². The lowest BCUT2D eigenvalue weighted by Crippen LogP contribution is -2.54. The van der Waals surface area contributed by atoms with E-state index in [2.05, 4.69) is 21.8 Å². The van der Waals surface area contributed by atoms with Crippen LogP contribution >= 0.6 is 11.3 Å². The summed E-state index contributed by atoms with van der Waals surface area (Å²) in [6.45, 7) is 1.96. The second-order valence-corrected chi connectivity index (χ2v) is 9.74. The Hall–Kier alpha value is -3.92. The van der Waals surface area contributed by atoms with E-state index in [4.69, 9.17) is 24.3 Å². The predicted molar refractivity (Wildman–Crippen MR) is 140 cm³/mol. The molecule has 2 atom stereocenters. The molecule has 0 saturated carbocycles. The Bertz CT molecular complexity index is 1440. The van der Waals surface area contributed by atoms with Crippen LogP contribution in [0.4, 0.5) is 5.69 Å². The van der Waals surface area contributed by atoms with E-state index < -0.39 is 11.5 Å². The molecule has 1 aliphatic rings. The van der Waals surface area contributed by atoms with E-state index in [1.54, 1.807) is 29.3 Å². The molecule has 1 amide bonds. The van der Waals surface area contributed by atoms with Gasteiger partial charge in [-0.05, 0) is 53.8 Å². The van der Waals surface area contributed by atoms with E-state index in [1.807, 2.05) is 55.5 Å². The minimum absolute atomic E-state index is 0.112. The molecule has 1 aliphatic heterocycles. The molecule has 4 aromatic rings. The number of hydrogen-bond donors (Lipinski definition) is 2. The number of carbonyl (C=O) groups excluding carboxylic acids is 1. The molecule has 2 aromatic heterocycles. The third-order valence-corrected chi connectivity index (χ3v) is 7.62. The molecule has 2 aromatic carbocycles. The van der Waals surface area contributed by atoms with Crippen molar-refractivity contribution in [2.45, 2.75) is 18.9 Å². The number of carbonyl (C=O) groups is 1. The largest absolute Gasteiger partial charge is 0.399 e. The molecular weight excluding hydrogens is 457 g/mol. The topological polar surface area (TPSA) is 115 Å². The fourth-order valence-corrected chi connectivity index (χ4v) is 5.52. The van der Waals surface area contributed by atoms with Gasteiger partial charge < -0.3 is 11.5 Å². The molecule has 3 heterocycles. The second kappa shape index (κ2) is 8.70. The second-order valence-electron chi connectivity index (χ2n) is 8.83. The van der Waals surface area contributed by atoms with Crippen molar-refractivity contribution < 1.29 is 4.79 Å². The van der Waals surface area contributed by atoms with Gasteiger partial charge in [0.05, 0.1) is 23.5 Å². The van der Waals surface area contributed by atoms with Crippen LogP contribution in [-0.2, 0) is 16.8 Å². The number of amides is 1. The average Bonchev–Trinajstić information content (AvgIpc) is 3.51. The van der Waals surface area contributed by atoms with Crippen molar-refractivity contribution in [2.75, 3.05) is 12.8 Å². The van der Waals surface area contributed by atoms with Crippen LogP contribution in [0.15, 0.2) is 71.2 Å². The van der Waals surface area contributed by atoms with E-state index in [0.29, 0.717) is 17.6 Å². The number of aliphatic imine (C=N–C) groups is 1. The number of anilines is 1. The third-order valence-electron chi connectivity index (χ3n) is 6.46. The maximum atomic E-state index is 13.6. The number of nitrogens with zero attached hydrogens (tertiary/aromatic N) is 5. The Kier molecular flexibility index (Phi) is 5.68. The molecule has 174 valence electrons. The highest BCUT2D eigenvalue weighted by Crippen LogP contribution is 2.43. The maximum absolute atomic E-state index is 13.6. The Labute approximate surface area is 208 Å². The van der Waals surface area contributed by atoms with E-state index in [1.165, 1.54) is 4.90 Å². The summed E-state index contributed by atoms with van der Waals surface area (Å²) in [6, 6.07) is 17.2. The number of benzene rings is 2. The van der Waals surface area contributed by atoms with Crippen molar-refractivity contribution in [1.29, 1.82) is 0 Å². The zero-order valence-corrected chi connectivity index (χ0v) is 20.2. The van der Waals surface area contributed by atoms with Gasteiger partial charge >= 0.3 is 0 Å². The van der Waals surface area contributed by atoms with Crippen LogP contribution in [0.3, 0.4) is 0 Å². The van der Waals surface area contributed by atoms with Crippen molar-refractivity contribution in [3.05, 3.63) is 76.7 Å². The van der Waals surface area contributed by atoms with Crippen LogP contribution in [-0.4, -0.2) is 46.7 Å². The minimum Gasteiger partial charge on any atom is -0.399 e. The summed E-state index contributed by atoms with van der Waals surface area (Å²) in [7, 11) is 7.62. The van der Waals surface area contributed by atoms with Crippen molar-refractivity contribution in [3.63, 3.8) is 0 Å². The Morgan fingerprint density at radius 1 is 1.11 bits per heavy atom. The predicted octanol–water partition coefficient (Wildman–Crippen LogP) is 2.23. The SMILES string of the molecule is [B]c1cccc(-n2nncc2CC2C(=O)N(C)C(N)=N[C@]2(C)c2cc(-c3cccc(N)c3)cs2)c1. The first-order valence-corrected chi connectivity index (χ1v) is 12.0. The standard InChI is InChI=1S/C25H24BN7OS/c1-25(22-10-16(14-35-22)15-5-3-7-18(27)9-15)21(23(34)32(2)24(28)30-25)12-20-13-29-31-33(20)19-8-4-6-17(26)11-19/h3-11,13-14,21H,12,27H2,1-2H3,(H2,28,30)/t21?,25-/m0/s1. The molecule has 8 nitrogen and oxygen atoms in total. The van der Waals surface area contributed by atoms with E-state index in [0.717, 1.165) is 27.4 Å². The summed E-state index contributed by atoms with van der Waals surface area (Å²) in [5, 5.41) is 10.4. The zero-order valence-electron chi connectivity index (χ0n) is 19.4. The average molecular weight is 481 g/mol. The first kappa shape index (κ1) is 22.9. The van der Waals surface area contributed by atoms with Gasteiger partial charge in [0, 0.05) is 24.0 Å². The Balaban J connectivity index is 1.56. The molecule has 0 saturated heterocycles. The zero-order chi connectivity index (χ0) is 24.7. The fraction of sp³-hybridized carbons (Fsp3) is 0.200. The van der Waals surface area contributed by atoms with Gasteiger partial charge in [0.25, 0.3) is 0 Å². The highest BCUT2D eigenvalue weighted by atomic mass is 32.1. The highest BCUT2D eigenvalue weighted by Gasteiger charge is 2.47. The van der Waals surface area contributed by atoms with Gasteiger partial charge in [-0.1, -0.05) is 34.9 Å². The van der Waals surface area contributed by atoms with Crippen molar-refractivity contribution in [3.8, 4) is 16.8 Å². The fourth-order valence-electron chi connectivity index (χ4n) is 4.44. The number of aromatic nitrogens is 3. The molecule has 10 heteroatoms. The number of nitrogen functional groups attached to an aromatic ring is 1. The van der Waals surface area contributed by atoms with Gasteiger partial charge in [0.1, 0.15) is 13.4 Å². The van der Waals surface area contributed by atoms with Gasteiger partial charge in [-0.25, -0.2) is 9.67 Å². The summed E-state index contributed by atoms with van der Waals surface area (Å²) < 4.78 is 1.71. The quantitative estimate of drug-likeness (QED) is 0.335. The third kappa shape index (κ3) is 4.10. The van der Waals surface area contributed by atoms with Gasteiger partial charge in [0.2, 0.25) is 5.91 Å². The lowest BCUT2D eigenvalue weighted by Gasteiger charge is -2.39. The number of rotatable bonds is 5. The molecule has 4 N–H and O–H groups in total. The van der Waals surface area contributed by atoms with Crippen LogP contribution < -0.4 is 16.9 Å². The van der Waals surface area contributed by atoms with Gasteiger partial charge in [-0.15, -0.1) is 16.4 Å². The molecule has 5 rings (SSSR count). The van der Waals surface area contributed by atoms with Crippen molar-refractivity contribution in [1.82, 2.24) is 19.9 Å². The van der Waals surface area contributed by atoms with Crippen LogP contribution in [0.2, 0.25) is 0 Å². The smallest absolute Gasteiger partial charge is 0.235 e. The Morgan fingerprint density at radius 2 is 1.91 bits per heavy atom. The van der Waals surface area contributed by atoms with Crippen LogP contribution in [0.5, 0.6) is 0 Å². The normalized spacial score (nSPS) is 20.2. The highest BCUT2D eigenvalue weighted by molar-refractivity contribution is 7.10. The van der Waals surface area contributed by atoms with E-state index >= 15 is 0 Å². The van der Waals surface area contributed by atoms with Gasteiger partial charge in [-0.2, -0.15) is 0 Å². The minimum atomic E-state index is -0.873.